The first-order valence-electron chi connectivity index (χ1n) is 16.7. The maximum Gasteiger partial charge on any atom is 0.186 e. The predicted molar refractivity (Wildman–Crippen MR) is 73.1 cm³/mol. The minimum Gasteiger partial charge on any atom is -0.394 e. The van der Waals surface area contributed by atoms with Gasteiger partial charge in [0.25, 0.3) is 0 Å². The zero-order chi connectivity index (χ0) is 36.4. The molecule has 1 aliphatic rings. The van der Waals surface area contributed by atoms with Gasteiger partial charge < -0.3 is 29.9 Å². The molecule has 120 valence electrons. The topological polar surface area (TPSA) is 99.4 Å². The normalized spacial score (nSPS) is 76.8. The Morgan fingerprint density at radius 2 is 1.80 bits per heavy atom. The van der Waals surface area contributed by atoms with Crippen LogP contribution in [0.3, 0.4) is 0 Å². The van der Waals surface area contributed by atoms with E-state index in [0.29, 0.717) is 0 Å². The van der Waals surface area contributed by atoms with E-state index in [2.05, 4.69) is 9.47 Å². The van der Waals surface area contributed by atoms with Crippen LogP contribution in [0.1, 0.15) is 78.0 Å². The van der Waals surface area contributed by atoms with E-state index in [1.165, 1.54) is 0 Å². The van der Waals surface area contributed by atoms with E-state index in [4.69, 9.17) is 32.9 Å². The molecule has 1 heterocycles. The predicted octanol–water partition coefficient (Wildman–Crippen LogP) is 0.163. The Morgan fingerprint density at radius 1 is 1.10 bits per heavy atom. The van der Waals surface area contributed by atoms with Crippen LogP contribution in [-0.4, -0.2) is 64.1 Å². The van der Waals surface area contributed by atoms with Crippen LogP contribution in [0.15, 0.2) is 0 Å². The molecule has 1 saturated heterocycles. The van der Waals surface area contributed by atoms with E-state index in [9.17, 15) is 20.4 Å². The second kappa shape index (κ2) is 9.65. The van der Waals surface area contributed by atoms with Crippen LogP contribution in [-0.2, 0) is 9.47 Å². The Bertz CT molecular complexity index is 1110. The minimum atomic E-state index is -4.90. The molecule has 0 radical (unpaired) electrons. The Balaban J connectivity index is 3.92. The van der Waals surface area contributed by atoms with Crippen LogP contribution in [0, 0.1) is 0 Å². The molecule has 1 rings (SSSR count). The molecule has 4 N–H and O–H groups in total. The Kier molecular flexibility index (Phi) is 1.75. The molecule has 0 unspecified atom stereocenters. The van der Waals surface area contributed by atoms with Gasteiger partial charge in [-0.1, -0.05) is 38.7 Å². The van der Waals surface area contributed by atoms with Gasteiger partial charge in [-0.05, 0) is 6.37 Å². The quantitative estimate of drug-likeness (QED) is 0.484. The number of aliphatic hydroxyl groups is 4. The molecule has 5 atom stereocenters. The van der Waals surface area contributed by atoms with Crippen molar-refractivity contribution in [3.63, 3.8) is 0 Å². The molecule has 0 aromatic heterocycles. The summed E-state index contributed by atoms with van der Waals surface area (Å²) in [5.74, 6) is 0. The summed E-state index contributed by atoms with van der Waals surface area (Å²) < 4.78 is 193. The van der Waals surface area contributed by atoms with Gasteiger partial charge in [0.15, 0.2) is 6.27 Å². The van der Waals surface area contributed by atoms with Gasteiger partial charge in [0.1, 0.15) is 24.3 Å². The zero-order valence-electron chi connectivity index (χ0n) is 33.6. The van der Waals surface area contributed by atoms with Crippen molar-refractivity contribution in [2.24, 2.45) is 0 Å². The molecule has 0 aromatic carbocycles. The lowest BCUT2D eigenvalue weighted by molar-refractivity contribution is -0.301. The van der Waals surface area contributed by atoms with Crippen molar-refractivity contribution < 1.29 is 62.8 Å². The van der Waals surface area contributed by atoms with Gasteiger partial charge >= 0.3 is 0 Å². The largest absolute Gasteiger partial charge is 0.394 e. The lowest BCUT2D eigenvalue weighted by Gasteiger charge is -2.39. The average molecular weight is 317 g/mol. The molecule has 0 spiro atoms. The van der Waals surface area contributed by atoms with Gasteiger partial charge in [0, 0.05) is 27.1 Å². The van der Waals surface area contributed by atoms with E-state index < -0.39 is 88.8 Å². The first-order valence-corrected chi connectivity index (χ1v) is 4.71. The molecule has 0 bridgehead atoms. The highest BCUT2D eigenvalue weighted by Crippen LogP contribution is 2.22. The fourth-order valence-electron chi connectivity index (χ4n) is 0.873. The lowest BCUT2D eigenvalue weighted by atomic mass is 9.99. The summed E-state index contributed by atoms with van der Waals surface area (Å²) in [6.07, 6.45) is -52.1. The molecular weight excluding hydrogens is 264 g/mol. The van der Waals surface area contributed by atoms with Crippen molar-refractivity contribution in [3.05, 3.63) is 0 Å². The zero-order valence-corrected chi connectivity index (χ0v) is 9.61. The van der Waals surface area contributed by atoms with Gasteiger partial charge in [0.2, 0.25) is 0 Å². The van der Waals surface area contributed by atoms with Gasteiger partial charge in [-0.15, -0.1) is 0 Å². The van der Waals surface area contributed by atoms with Crippen LogP contribution in [0.5, 0.6) is 0 Å². The summed E-state index contributed by atoms with van der Waals surface area (Å²) in [5.41, 5.74) is 0. The fourth-order valence-corrected chi connectivity index (χ4v) is 0.873. The molecule has 1 fully saturated rings. The second-order valence-corrected chi connectivity index (χ2v) is 2.83. The summed E-state index contributed by atoms with van der Waals surface area (Å²) in [7, 11) is 0. The van der Waals surface area contributed by atoms with E-state index in [1.54, 1.807) is 0 Å². The van der Waals surface area contributed by atoms with E-state index >= 15 is 0 Å². The van der Waals surface area contributed by atoms with Gasteiger partial charge in [-0.2, -0.15) is 0 Å². The molecule has 0 aliphatic carbocycles. The van der Waals surface area contributed by atoms with E-state index in [1.807, 2.05) is 0 Å². The van der Waals surface area contributed by atoms with Crippen LogP contribution in [0.4, 0.5) is 0 Å². The molecule has 6 nitrogen and oxygen atoms in total. The maximum atomic E-state index is 10.4. The van der Waals surface area contributed by atoms with Gasteiger partial charge in [0.05, 0.1) is 18.9 Å². The van der Waals surface area contributed by atoms with Crippen LogP contribution in [0.25, 0.3) is 0 Å². The molecule has 1 aliphatic heterocycles. The summed E-state index contributed by atoms with van der Waals surface area (Å²) in [5, 5.41) is 40.6. The molecular formula is C14H28O6. The highest BCUT2D eigenvalue weighted by Gasteiger charge is 2.43. The summed E-state index contributed by atoms with van der Waals surface area (Å²) in [6.45, 7) is -13.4. The van der Waals surface area contributed by atoms with Crippen molar-refractivity contribution >= 4 is 0 Å². The van der Waals surface area contributed by atoms with Crippen LogP contribution in [0.2, 0.25) is 0 Å². The van der Waals surface area contributed by atoms with Gasteiger partial charge in [-0.25, -0.2) is 0 Å². The van der Waals surface area contributed by atoms with Gasteiger partial charge in [-0.3, -0.25) is 0 Å². The van der Waals surface area contributed by atoms with Crippen molar-refractivity contribution in [1.29, 1.82) is 0 Å². The number of rotatable bonds is 9. The summed E-state index contributed by atoms with van der Waals surface area (Å²) in [4.78, 5) is 0. The number of ether oxygens (including phenoxy) is 2. The summed E-state index contributed by atoms with van der Waals surface area (Å²) in [6, 6.07) is 0. The summed E-state index contributed by atoms with van der Waals surface area (Å²) >= 11 is 0. The second-order valence-electron chi connectivity index (χ2n) is 2.83. The maximum absolute atomic E-state index is 10.4. The lowest BCUT2D eigenvalue weighted by Crippen LogP contribution is -2.59. The average Bonchev–Trinajstić information content (AvgIpc) is 2.74. The third kappa shape index (κ3) is 5.27. The number of hydrogen-bond donors (Lipinski definition) is 4. The molecule has 0 amide bonds. The monoisotopic (exact) mass is 316 g/mol. The van der Waals surface area contributed by atoms with E-state index in [-0.39, 0.29) is 0 Å². The molecule has 6 heteroatoms. The molecule has 0 saturated carbocycles. The van der Waals surface area contributed by atoms with Crippen molar-refractivity contribution in [2.75, 3.05) is 13.1 Å². The van der Waals surface area contributed by atoms with Crippen LogP contribution >= 0.6 is 0 Å². The smallest absolute Gasteiger partial charge is 0.186 e. The highest BCUT2D eigenvalue weighted by atomic mass is 16.7. The molecule has 20 heavy (non-hydrogen) atoms. The third-order valence-corrected chi connectivity index (χ3v) is 1.66. The first kappa shape index (κ1) is 3.63. The Morgan fingerprint density at radius 3 is 2.50 bits per heavy atom. The molecule has 0 aromatic rings. The Hall–Kier alpha value is -0.240. The first-order chi connectivity index (χ1) is 18.4. The Labute approximate surface area is 154 Å². The van der Waals surface area contributed by atoms with Crippen molar-refractivity contribution in [2.45, 2.75) is 75.7 Å². The van der Waals surface area contributed by atoms with Crippen molar-refractivity contribution in [1.82, 2.24) is 0 Å². The standard InChI is InChI=1S/C14H28O6/c1-2-3-4-5-6-7-8-19-14-13(18)12(17)11(16)10(9-15)20-14/h10-18H,2-9H2,1H3/t10-,11-,12+,13-,14-/m1/s1/i1D3,2D2,3D2,4D2,5D2,6D2,7D2,8D2,9D2,10D,11D,12D,13D,14D. The third-order valence-electron chi connectivity index (χ3n) is 1.66. The van der Waals surface area contributed by atoms with E-state index in [0.717, 1.165) is 0 Å². The highest BCUT2D eigenvalue weighted by molar-refractivity contribution is 4.88. The fraction of sp³-hybridized carbons (Fsp3) is 1.00. The van der Waals surface area contributed by atoms with Crippen molar-refractivity contribution in [3.8, 4) is 0 Å². The number of hydrogen-bond acceptors (Lipinski definition) is 6. The van der Waals surface area contributed by atoms with Crippen LogP contribution < -0.4 is 0 Å². The minimum absolute atomic E-state index is 4.05. The SMILES string of the molecule is [2H]C([2H])([2H])C([2H])([2H])C([2H])([2H])C([2H])([2H])C([2H])([2H])C([2H])([2H])C([2H])([2H])C([2H])([2H])O[C@]1([2H])O[C@]([2H])(C([2H])([2H])O)[C@@]([2H])(O)[C@]([2H])(O)[C@@]1([2H])O.